The zero-order chi connectivity index (χ0) is 12.9. The Labute approximate surface area is 103 Å². The molecule has 0 bridgehead atoms. The van der Waals surface area contributed by atoms with Crippen LogP contribution in [0.4, 0.5) is 0 Å². The highest BCUT2D eigenvalue weighted by Gasteiger charge is 2.30. The molecule has 0 aromatic carbocycles. The van der Waals surface area contributed by atoms with Crippen molar-refractivity contribution in [1.29, 1.82) is 0 Å². The Morgan fingerprint density at radius 2 is 2.18 bits per heavy atom. The van der Waals surface area contributed by atoms with Gasteiger partial charge in [-0.15, -0.1) is 0 Å². The summed E-state index contributed by atoms with van der Waals surface area (Å²) in [6.07, 6.45) is -0.447. The Morgan fingerprint density at radius 1 is 1.47 bits per heavy atom. The molecule has 1 fully saturated rings. The van der Waals surface area contributed by atoms with E-state index in [9.17, 15) is 4.79 Å². The number of carbonyl (C=O) groups excluding carboxylic acids is 1. The number of rotatable bonds is 5. The van der Waals surface area contributed by atoms with Crippen LogP contribution in [0.15, 0.2) is 0 Å². The molecule has 0 aromatic heterocycles. The molecule has 1 heterocycles. The molecule has 1 aliphatic heterocycles. The van der Waals surface area contributed by atoms with Gasteiger partial charge in [0.05, 0.1) is 19.8 Å². The van der Waals surface area contributed by atoms with Gasteiger partial charge in [0.2, 0.25) is 0 Å². The maximum atomic E-state index is 12.2. The first-order valence-corrected chi connectivity index (χ1v) is 6.18. The predicted molar refractivity (Wildman–Crippen MR) is 65.6 cm³/mol. The first-order chi connectivity index (χ1) is 8.00. The quantitative estimate of drug-likeness (QED) is 0.752. The number of amides is 1. The highest BCUT2D eigenvalue weighted by Crippen LogP contribution is 2.16. The van der Waals surface area contributed by atoms with E-state index in [1.54, 1.807) is 4.90 Å². The van der Waals surface area contributed by atoms with Gasteiger partial charge in [0.1, 0.15) is 0 Å². The van der Waals surface area contributed by atoms with E-state index in [4.69, 9.17) is 15.2 Å². The van der Waals surface area contributed by atoms with E-state index >= 15 is 0 Å². The van der Waals surface area contributed by atoms with Gasteiger partial charge in [0.15, 0.2) is 6.10 Å². The lowest BCUT2D eigenvalue weighted by Gasteiger charge is -2.34. The Morgan fingerprint density at radius 3 is 2.65 bits per heavy atom. The predicted octanol–water partition coefficient (Wildman–Crippen LogP) is 0.235. The standard InChI is InChI=1S/C12H24N2O3/c1-4-14(9-12(2,3)8-13)11(15)10-7-16-5-6-17-10/h10H,4-9,13H2,1-3H3. The van der Waals surface area contributed by atoms with Crippen LogP contribution in [0.2, 0.25) is 0 Å². The molecule has 0 radical (unpaired) electrons. The van der Waals surface area contributed by atoms with E-state index in [-0.39, 0.29) is 11.3 Å². The van der Waals surface area contributed by atoms with Crippen molar-refractivity contribution < 1.29 is 14.3 Å². The summed E-state index contributed by atoms with van der Waals surface area (Å²) in [6.45, 7) is 9.38. The van der Waals surface area contributed by atoms with Crippen LogP contribution in [0, 0.1) is 5.41 Å². The molecule has 0 aromatic rings. The number of nitrogens with two attached hydrogens (primary N) is 1. The summed E-state index contributed by atoms with van der Waals surface area (Å²) in [5.41, 5.74) is 5.63. The van der Waals surface area contributed by atoms with E-state index in [2.05, 4.69) is 13.8 Å². The molecule has 1 unspecified atom stereocenters. The van der Waals surface area contributed by atoms with E-state index < -0.39 is 6.10 Å². The largest absolute Gasteiger partial charge is 0.376 e. The molecule has 1 atom stereocenters. The van der Waals surface area contributed by atoms with E-state index in [1.807, 2.05) is 6.92 Å². The fourth-order valence-corrected chi connectivity index (χ4v) is 1.76. The molecule has 1 aliphatic rings. The normalized spacial score (nSPS) is 21.3. The molecule has 17 heavy (non-hydrogen) atoms. The summed E-state index contributed by atoms with van der Waals surface area (Å²) in [7, 11) is 0. The summed E-state index contributed by atoms with van der Waals surface area (Å²) in [5, 5.41) is 0. The van der Waals surface area contributed by atoms with Crippen molar-refractivity contribution in [2.24, 2.45) is 11.1 Å². The van der Waals surface area contributed by atoms with E-state index in [1.165, 1.54) is 0 Å². The second-order valence-corrected chi connectivity index (χ2v) is 5.16. The van der Waals surface area contributed by atoms with Gasteiger partial charge in [0, 0.05) is 13.1 Å². The highest BCUT2D eigenvalue weighted by molar-refractivity contribution is 5.81. The second kappa shape index (κ2) is 6.33. The Kier molecular flexibility index (Phi) is 5.36. The number of hydrogen-bond acceptors (Lipinski definition) is 4. The molecule has 0 aliphatic carbocycles. The SMILES string of the molecule is CCN(CC(C)(C)CN)C(=O)C1COCCO1. The van der Waals surface area contributed by atoms with Crippen LogP contribution in [0.25, 0.3) is 0 Å². The average molecular weight is 244 g/mol. The van der Waals surface area contributed by atoms with Crippen molar-refractivity contribution in [2.45, 2.75) is 26.9 Å². The van der Waals surface area contributed by atoms with Crippen LogP contribution in [-0.4, -0.2) is 56.4 Å². The van der Waals surface area contributed by atoms with Crippen molar-refractivity contribution in [3.05, 3.63) is 0 Å². The highest BCUT2D eigenvalue weighted by atomic mass is 16.6. The Hall–Kier alpha value is -0.650. The van der Waals surface area contributed by atoms with Gasteiger partial charge < -0.3 is 20.1 Å². The smallest absolute Gasteiger partial charge is 0.254 e. The van der Waals surface area contributed by atoms with Gasteiger partial charge in [-0.05, 0) is 18.9 Å². The molecular formula is C12H24N2O3. The van der Waals surface area contributed by atoms with Gasteiger partial charge in [-0.2, -0.15) is 0 Å². The first-order valence-electron chi connectivity index (χ1n) is 6.18. The van der Waals surface area contributed by atoms with Crippen LogP contribution < -0.4 is 5.73 Å². The molecule has 0 spiro atoms. The lowest BCUT2D eigenvalue weighted by Crippen LogP contribution is -2.49. The maximum Gasteiger partial charge on any atom is 0.254 e. The number of hydrogen-bond donors (Lipinski definition) is 1. The van der Waals surface area contributed by atoms with Crippen LogP contribution in [-0.2, 0) is 14.3 Å². The minimum atomic E-state index is -0.447. The average Bonchev–Trinajstić information content (AvgIpc) is 2.36. The monoisotopic (exact) mass is 244 g/mol. The van der Waals surface area contributed by atoms with Crippen LogP contribution in [0.1, 0.15) is 20.8 Å². The topological polar surface area (TPSA) is 64.8 Å². The third-order valence-corrected chi connectivity index (χ3v) is 2.96. The molecule has 1 amide bonds. The Balaban J connectivity index is 2.56. The van der Waals surface area contributed by atoms with Gasteiger partial charge in [-0.25, -0.2) is 0 Å². The van der Waals surface area contributed by atoms with E-state index in [0.717, 1.165) is 0 Å². The number of likely N-dealkylation sites (N-methyl/N-ethyl adjacent to an activating group) is 1. The third-order valence-electron chi connectivity index (χ3n) is 2.96. The van der Waals surface area contributed by atoms with Gasteiger partial charge in [-0.3, -0.25) is 4.79 Å². The molecule has 1 saturated heterocycles. The minimum Gasteiger partial charge on any atom is -0.376 e. The van der Waals surface area contributed by atoms with Crippen molar-refractivity contribution in [1.82, 2.24) is 4.90 Å². The molecule has 100 valence electrons. The van der Waals surface area contributed by atoms with Crippen LogP contribution in [0.5, 0.6) is 0 Å². The number of nitrogens with zero attached hydrogens (tertiary/aromatic N) is 1. The van der Waals surface area contributed by atoms with Crippen molar-refractivity contribution in [3.8, 4) is 0 Å². The number of carbonyl (C=O) groups is 1. The lowest BCUT2D eigenvalue weighted by molar-refractivity contribution is -0.159. The third kappa shape index (κ3) is 4.26. The maximum absolute atomic E-state index is 12.2. The van der Waals surface area contributed by atoms with Crippen LogP contribution in [0.3, 0.4) is 0 Å². The summed E-state index contributed by atoms with van der Waals surface area (Å²) in [4.78, 5) is 14.0. The van der Waals surface area contributed by atoms with Crippen molar-refractivity contribution in [3.63, 3.8) is 0 Å². The zero-order valence-corrected chi connectivity index (χ0v) is 11.1. The minimum absolute atomic E-state index is 0.00808. The van der Waals surface area contributed by atoms with Gasteiger partial charge >= 0.3 is 0 Å². The molecule has 2 N–H and O–H groups in total. The molecule has 5 heteroatoms. The fraction of sp³-hybridized carbons (Fsp3) is 0.917. The lowest BCUT2D eigenvalue weighted by atomic mass is 9.93. The zero-order valence-electron chi connectivity index (χ0n) is 11.1. The van der Waals surface area contributed by atoms with Gasteiger partial charge in [0.25, 0.3) is 5.91 Å². The summed E-state index contributed by atoms with van der Waals surface area (Å²) in [5.74, 6) is 0.00808. The van der Waals surface area contributed by atoms with Crippen LogP contribution >= 0.6 is 0 Å². The summed E-state index contributed by atoms with van der Waals surface area (Å²) < 4.78 is 10.7. The summed E-state index contributed by atoms with van der Waals surface area (Å²) >= 11 is 0. The molecule has 5 nitrogen and oxygen atoms in total. The molecule has 1 rings (SSSR count). The van der Waals surface area contributed by atoms with Gasteiger partial charge in [-0.1, -0.05) is 13.8 Å². The molecular weight excluding hydrogens is 220 g/mol. The fourth-order valence-electron chi connectivity index (χ4n) is 1.76. The summed E-state index contributed by atoms with van der Waals surface area (Å²) in [6, 6.07) is 0. The second-order valence-electron chi connectivity index (χ2n) is 5.16. The van der Waals surface area contributed by atoms with E-state index in [0.29, 0.717) is 39.5 Å². The Bertz CT molecular complexity index is 250. The number of ether oxygens (including phenoxy) is 2. The van der Waals surface area contributed by atoms with Crippen molar-refractivity contribution in [2.75, 3.05) is 39.5 Å². The first kappa shape index (κ1) is 14.4. The molecule has 0 saturated carbocycles. The van der Waals surface area contributed by atoms with Crippen molar-refractivity contribution >= 4 is 5.91 Å².